The fraction of sp³-hybridized carbons (Fsp3) is 0.148. The number of nitrogens with zero attached hydrogens (tertiary/aromatic N) is 1. The number of rotatable bonds is 3. The Morgan fingerprint density at radius 3 is 2.48 bits per heavy atom. The van der Waals surface area contributed by atoms with Gasteiger partial charge in [-0.1, -0.05) is 67.6 Å². The first-order valence-corrected chi connectivity index (χ1v) is 10.7. The lowest BCUT2D eigenvalue weighted by Gasteiger charge is -2.14. The summed E-state index contributed by atoms with van der Waals surface area (Å²) in [5, 5.41) is 2.64. The van der Waals surface area contributed by atoms with Crippen LogP contribution in [0.3, 0.4) is 0 Å². The number of hydrogen-bond acceptors (Lipinski definition) is 2. The lowest BCUT2D eigenvalue weighted by atomic mass is 9.92. The van der Waals surface area contributed by atoms with E-state index in [1.165, 1.54) is 31.3 Å². The molecule has 5 rings (SSSR count). The Morgan fingerprint density at radius 1 is 0.828 bits per heavy atom. The van der Waals surface area contributed by atoms with Gasteiger partial charge in [-0.3, -0.25) is 4.98 Å². The van der Waals surface area contributed by atoms with Crippen molar-refractivity contribution in [2.75, 3.05) is 0 Å². The molecule has 0 aliphatic heterocycles. The van der Waals surface area contributed by atoms with Gasteiger partial charge in [-0.15, -0.1) is 11.3 Å². The van der Waals surface area contributed by atoms with Crippen LogP contribution in [0.2, 0.25) is 0 Å². The van der Waals surface area contributed by atoms with Gasteiger partial charge in [-0.05, 0) is 48.2 Å². The van der Waals surface area contributed by atoms with Crippen molar-refractivity contribution in [2.24, 2.45) is 0 Å². The van der Waals surface area contributed by atoms with E-state index in [1.54, 1.807) is 0 Å². The van der Waals surface area contributed by atoms with Gasteiger partial charge in [0.1, 0.15) is 0 Å². The van der Waals surface area contributed by atoms with E-state index >= 15 is 0 Å². The van der Waals surface area contributed by atoms with Gasteiger partial charge >= 0.3 is 0 Å². The summed E-state index contributed by atoms with van der Waals surface area (Å²) in [7, 11) is 0. The molecular weight excluding hydrogens is 370 g/mol. The van der Waals surface area contributed by atoms with Gasteiger partial charge in [0.2, 0.25) is 0 Å². The second-order valence-electron chi connectivity index (χ2n) is 7.61. The molecule has 1 unspecified atom stereocenters. The van der Waals surface area contributed by atoms with Crippen LogP contribution in [-0.2, 0) is 0 Å². The van der Waals surface area contributed by atoms with Crippen molar-refractivity contribution in [1.82, 2.24) is 4.98 Å². The van der Waals surface area contributed by atoms with E-state index in [9.17, 15) is 0 Å². The molecule has 0 radical (unpaired) electrons. The zero-order chi connectivity index (χ0) is 20.9. The van der Waals surface area contributed by atoms with Gasteiger partial charge in [0, 0.05) is 39.2 Å². The molecule has 0 amide bonds. The molecule has 0 aliphatic carbocycles. The van der Waals surface area contributed by atoms with Gasteiger partial charge < -0.3 is 0 Å². The highest BCUT2D eigenvalue weighted by atomic mass is 32.1. The van der Waals surface area contributed by atoms with Crippen LogP contribution in [0.1, 0.15) is 36.4 Å². The molecule has 5 aromatic rings. The highest BCUT2D eigenvalue weighted by Crippen LogP contribution is 2.42. The molecule has 2 heteroatoms. The Morgan fingerprint density at radius 2 is 1.66 bits per heavy atom. The van der Waals surface area contributed by atoms with E-state index in [4.69, 9.17) is 6.35 Å². The van der Waals surface area contributed by atoms with Gasteiger partial charge in [-0.25, -0.2) is 0 Å². The molecule has 29 heavy (non-hydrogen) atoms. The van der Waals surface area contributed by atoms with Crippen molar-refractivity contribution in [3.05, 3.63) is 101 Å². The van der Waals surface area contributed by atoms with E-state index in [2.05, 4.69) is 50.2 Å². The molecule has 0 aliphatic rings. The van der Waals surface area contributed by atoms with Crippen LogP contribution < -0.4 is 0 Å². The first kappa shape index (κ1) is 16.9. The fourth-order valence-electron chi connectivity index (χ4n) is 4.08. The first-order chi connectivity index (χ1) is 14.5. The van der Waals surface area contributed by atoms with Crippen LogP contribution >= 0.6 is 11.3 Å². The molecule has 1 nitrogen and oxygen atoms in total. The molecule has 0 saturated carbocycles. The third-order valence-corrected chi connectivity index (χ3v) is 7.10. The zero-order valence-electron chi connectivity index (χ0n) is 17.9. The SMILES string of the molecule is [2H]C(C)(c1ccccc1)c1ccnc(-c2ccc(C)c3c2sc2c(C)cccc23)c1. The number of aryl methyl sites for hydroxylation is 2. The minimum absolute atomic E-state index is 0.834. The summed E-state index contributed by atoms with van der Waals surface area (Å²) >= 11 is 1.85. The molecule has 1 atom stereocenters. The van der Waals surface area contributed by atoms with Crippen molar-refractivity contribution in [2.45, 2.75) is 26.7 Å². The average Bonchev–Trinajstić information content (AvgIpc) is 3.17. The molecule has 2 aromatic heterocycles. The molecule has 0 spiro atoms. The number of fused-ring (bicyclic) bond motifs is 3. The number of pyridine rings is 1. The van der Waals surface area contributed by atoms with Crippen LogP contribution in [0.5, 0.6) is 0 Å². The molecule has 0 fully saturated rings. The summed E-state index contributed by atoms with van der Waals surface area (Å²) in [5.41, 5.74) is 6.59. The Hall–Kier alpha value is -2.97. The second-order valence-corrected chi connectivity index (χ2v) is 8.63. The number of hydrogen-bond donors (Lipinski definition) is 0. The van der Waals surface area contributed by atoms with Gasteiger partial charge in [0.25, 0.3) is 0 Å². The predicted molar refractivity (Wildman–Crippen MR) is 126 cm³/mol. The first-order valence-electron chi connectivity index (χ1n) is 10.4. The Labute approximate surface area is 177 Å². The van der Waals surface area contributed by atoms with Crippen LogP contribution in [0.15, 0.2) is 79.0 Å². The normalized spacial score (nSPS) is 14.1. The summed E-state index contributed by atoms with van der Waals surface area (Å²) in [6.45, 7) is 6.31. The minimum Gasteiger partial charge on any atom is -0.256 e. The molecule has 3 aromatic carbocycles. The predicted octanol–water partition coefficient (Wildman–Crippen LogP) is 7.89. The zero-order valence-corrected chi connectivity index (χ0v) is 17.7. The summed E-state index contributed by atoms with van der Waals surface area (Å²) in [6.07, 6.45) is 1.84. The second kappa shape index (κ2) is 7.13. The smallest absolute Gasteiger partial charge is 0.0719 e. The van der Waals surface area contributed by atoms with Gasteiger partial charge in [0.15, 0.2) is 0 Å². The van der Waals surface area contributed by atoms with E-state index in [-0.39, 0.29) is 0 Å². The summed E-state index contributed by atoms with van der Waals surface area (Å²) in [5.74, 6) is -0.834. The molecule has 0 N–H and O–H groups in total. The average molecular weight is 395 g/mol. The highest BCUT2D eigenvalue weighted by Gasteiger charge is 2.16. The van der Waals surface area contributed by atoms with Crippen LogP contribution in [0.4, 0.5) is 0 Å². The highest BCUT2D eigenvalue weighted by molar-refractivity contribution is 7.26. The van der Waals surface area contributed by atoms with E-state index in [0.717, 1.165) is 22.4 Å². The quantitative estimate of drug-likeness (QED) is 0.303. The minimum atomic E-state index is -0.834. The summed E-state index contributed by atoms with van der Waals surface area (Å²) in [6, 6.07) is 25.0. The van der Waals surface area contributed by atoms with Crippen molar-refractivity contribution in [3.63, 3.8) is 0 Å². The summed E-state index contributed by atoms with van der Waals surface area (Å²) < 4.78 is 11.7. The monoisotopic (exact) mass is 394 g/mol. The standard InChI is InChI=1S/C27H23NS/c1-17-12-13-22(27-25(17)23-11-7-8-18(2)26(23)29-27)24-16-21(14-15-28-24)19(3)20-9-5-4-6-10-20/h4-16,19H,1-3H3/i19D. The van der Waals surface area contributed by atoms with Crippen LogP contribution in [-0.4, -0.2) is 4.98 Å². The Balaban J connectivity index is 1.72. The molecular formula is C27H23NS. The fourth-order valence-corrected chi connectivity index (χ4v) is 5.45. The number of aromatic nitrogens is 1. The van der Waals surface area contributed by atoms with Crippen molar-refractivity contribution in [3.8, 4) is 11.3 Å². The van der Waals surface area contributed by atoms with Crippen molar-refractivity contribution in [1.29, 1.82) is 0 Å². The third kappa shape index (κ3) is 3.04. The molecule has 142 valence electrons. The van der Waals surface area contributed by atoms with E-state index < -0.39 is 5.89 Å². The molecule has 0 bridgehead atoms. The maximum absolute atomic E-state index is 9.06. The van der Waals surface area contributed by atoms with Gasteiger partial charge in [-0.2, -0.15) is 0 Å². The Kier molecular flexibility index (Phi) is 4.16. The van der Waals surface area contributed by atoms with E-state index in [1.807, 2.05) is 60.9 Å². The van der Waals surface area contributed by atoms with Crippen molar-refractivity contribution < 1.29 is 1.37 Å². The number of benzene rings is 3. The molecule has 0 saturated heterocycles. The van der Waals surface area contributed by atoms with Gasteiger partial charge in [0.05, 0.1) is 5.69 Å². The maximum atomic E-state index is 9.06. The Bertz CT molecular complexity index is 1380. The largest absolute Gasteiger partial charge is 0.256 e. The topological polar surface area (TPSA) is 12.9 Å². The lowest BCUT2D eigenvalue weighted by molar-refractivity contribution is 0.918. The third-order valence-electron chi connectivity index (χ3n) is 5.73. The summed E-state index contributed by atoms with van der Waals surface area (Å²) in [4.78, 5) is 4.71. The number of thiophene rings is 1. The van der Waals surface area contributed by atoms with Crippen molar-refractivity contribution >= 4 is 31.5 Å². The molecule has 2 heterocycles. The van der Waals surface area contributed by atoms with Crippen LogP contribution in [0.25, 0.3) is 31.4 Å². The maximum Gasteiger partial charge on any atom is 0.0719 e. The lowest BCUT2D eigenvalue weighted by Crippen LogP contribution is -1.97. The van der Waals surface area contributed by atoms with E-state index in [0.29, 0.717) is 0 Å². The van der Waals surface area contributed by atoms with Crippen LogP contribution in [0, 0.1) is 13.8 Å².